The number of nitrogens with one attached hydrogen (secondary N) is 1. The van der Waals surface area contributed by atoms with Crippen LogP contribution in [0.1, 0.15) is 19.7 Å². The zero-order valence-corrected chi connectivity index (χ0v) is 18.3. The van der Waals surface area contributed by atoms with Gasteiger partial charge in [-0.25, -0.2) is 9.98 Å². The van der Waals surface area contributed by atoms with Crippen LogP contribution in [0.4, 0.5) is 5.13 Å². The van der Waals surface area contributed by atoms with E-state index in [4.69, 9.17) is 0 Å². The van der Waals surface area contributed by atoms with Crippen LogP contribution in [0.3, 0.4) is 0 Å². The number of aryl methyl sites for hydroxylation is 1. The molecule has 23 heavy (non-hydrogen) atoms. The SMILES string of the molecule is C=C(Br)CN=C(NCC)N1CCN(c2nc(CC)ns2)CC1.I. The smallest absolute Gasteiger partial charge is 0.205 e. The molecule has 0 spiro atoms. The largest absolute Gasteiger partial charge is 0.357 e. The number of hydrogen-bond donors (Lipinski definition) is 1. The molecule has 0 saturated carbocycles. The Bertz CT molecular complexity index is 527. The molecular formula is C14H24BrIN6S. The zero-order valence-electron chi connectivity index (χ0n) is 13.6. The molecule has 1 aromatic rings. The molecule has 1 aliphatic heterocycles. The zero-order chi connectivity index (χ0) is 15.9. The van der Waals surface area contributed by atoms with Gasteiger partial charge in [-0.1, -0.05) is 29.4 Å². The number of halogens is 2. The molecule has 1 N–H and O–H groups in total. The third-order valence-corrected chi connectivity index (χ3v) is 4.42. The molecule has 130 valence electrons. The summed E-state index contributed by atoms with van der Waals surface area (Å²) in [4.78, 5) is 13.8. The van der Waals surface area contributed by atoms with Crippen LogP contribution in [0.25, 0.3) is 0 Å². The summed E-state index contributed by atoms with van der Waals surface area (Å²) in [6.07, 6.45) is 0.893. The van der Waals surface area contributed by atoms with E-state index in [0.29, 0.717) is 6.54 Å². The van der Waals surface area contributed by atoms with E-state index in [2.05, 4.69) is 65.8 Å². The number of piperazine rings is 1. The Kier molecular flexibility index (Phi) is 9.37. The fourth-order valence-corrected chi connectivity index (χ4v) is 3.14. The summed E-state index contributed by atoms with van der Waals surface area (Å²) in [6, 6.07) is 0. The van der Waals surface area contributed by atoms with Crippen molar-refractivity contribution in [1.82, 2.24) is 19.6 Å². The van der Waals surface area contributed by atoms with E-state index in [1.165, 1.54) is 11.5 Å². The van der Waals surface area contributed by atoms with Crippen molar-refractivity contribution in [3.8, 4) is 0 Å². The van der Waals surface area contributed by atoms with Gasteiger partial charge in [-0.15, -0.1) is 24.0 Å². The highest BCUT2D eigenvalue weighted by Crippen LogP contribution is 2.19. The highest BCUT2D eigenvalue weighted by molar-refractivity contribution is 14.0. The van der Waals surface area contributed by atoms with Crippen molar-refractivity contribution in [2.45, 2.75) is 20.3 Å². The lowest BCUT2D eigenvalue weighted by atomic mass is 10.3. The molecule has 6 nitrogen and oxygen atoms in total. The second-order valence-corrected chi connectivity index (χ2v) is 6.86. The Balaban J connectivity index is 0.00000264. The first-order valence-electron chi connectivity index (χ1n) is 7.58. The minimum Gasteiger partial charge on any atom is -0.357 e. The molecule has 2 rings (SSSR count). The van der Waals surface area contributed by atoms with E-state index in [1.807, 2.05) is 0 Å². The summed E-state index contributed by atoms with van der Waals surface area (Å²) in [5, 5.41) is 4.38. The Morgan fingerprint density at radius 3 is 2.57 bits per heavy atom. The number of nitrogens with zero attached hydrogens (tertiary/aromatic N) is 5. The highest BCUT2D eigenvalue weighted by atomic mass is 127. The Morgan fingerprint density at radius 2 is 2.04 bits per heavy atom. The lowest BCUT2D eigenvalue weighted by Crippen LogP contribution is -2.52. The first kappa shape index (κ1) is 20.6. The molecule has 0 bridgehead atoms. The van der Waals surface area contributed by atoms with Crippen LogP contribution in [0.5, 0.6) is 0 Å². The van der Waals surface area contributed by atoms with Crippen LogP contribution in [0.2, 0.25) is 0 Å². The summed E-state index contributed by atoms with van der Waals surface area (Å²) in [5.41, 5.74) is 0. The third kappa shape index (κ3) is 6.18. The van der Waals surface area contributed by atoms with E-state index in [0.717, 1.165) is 60.5 Å². The summed E-state index contributed by atoms with van der Waals surface area (Å²) in [7, 11) is 0. The number of hydrogen-bond acceptors (Lipinski definition) is 5. The van der Waals surface area contributed by atoms with Crippen molar-refractivity contribution < 1.29 is 0 Å². The van der Waals surface area contributed by atoms with Gasteiger partial charge in [0.25, 0.3) is 0 Å². The van der Waals surface area contributed by atoms with Crippen LogP contribution >= 0.6 is 51.4 Å². The van der Waals surface area contributed by atoms with Gasteiger partial charge < -0.3 is 15.1 Å². The Morgan fingerprint density at radius 1 is 1.35 bits per heavy atom. The van der Waals surface area contributed by atoms with Gasteiger partial charge >= 0.3 is 0 Å². The van der Waals surface area contributed by atoms with Crippen molar-refractivity contribution in [3.63, 3.8) is 0 Å². The maximum absolute atomic E-state index is 4.59. The number of aromatic nitrogens is 2. The maximum atomic E-state index is 4.59. The van der Waals surface area contributed by atoms with E-state index in [-0.39, 0.29) is 24.0 Å². The van der Waals surface area contributed by atoms with Crippen molar-refractivity contribution in [2.24, 2.45) is 4.99 Å². The highest BCUT2D eigenvalue weighted by Gasteiger charge is 2.21. The molecule has 0 radical (unpaired) electrons. The molecule has 0 aromatic carbocycles. The first-order valence-corrected chi connectivity index (χ1v) is 9.14. The topological polar surface area (TPSA) is 56.7 Å². The second-order valence-electron chi connectivity index (χ2n) is 5.01. The third-order valence-electron chi connectivity index (χ3n) is 3.36. The van der Waals surface area contributed by atoms with Crippen molar-refractivity contribution in [1.29, 1.82) is 0 Å². The molecule has 9 heteroatoms. The summed E-state index contributed by atoms with van der Waals surface area (Å²) in [6.45, 7) is 13.2. The average Bonchev–Trinajstić information content (AvgIpc) is 3.00. The molecule has 1 aromatic heterocycles. The van der Waals surface area contributed by atoms with E-state index in [1.54, 1.807) is 0 Å². The van der Waals surface area contributed by atoms with Crippen molar-refractivity contribution in [2.75, 3.05) is 44.2 Å². The number of anilines is 1. The summed E-state index contributed by atoms with van der Waals surface area (Å²) in [5.74, 6) is 1.89. The molecule has 2 heterocycles. The predicted molar refractivity (Wildman–Crippen MR) is 113 cm³/mol. The van der Waals surface area contributed by atoms with Crippen LogP contribution in [0.15, 0.2) is 16.1 Å². The van der Waals surface area contributed by atoms with Gasteiger partial charge in [-0.05, 0) is 6.92 Å². The van der Waals surface area contributed by atoms with Crippen LogP contribution in [-0.2, 0) is 6.42 Å². The van der Waals surface area contributed by atoms with E-state index < -0.39 is 0 Å². The summed E-state index contributed by atoms with van der Waals surface area (Å²) >= 11 is 4.85. The van der Waals surface area contributed by atoms with Gasteiger partial charge in [0, 0.05) is 55.2 Å². The van der Waals surface area contributed by atoms with Gasteiger partial charge in [-0.2, -0.15) is 4.37 Å². The van der Waals surface area contributed by atoms with Gasteiger partial charge in [0.05, 0.1) is 6.54 Å². The predicted octanol–water partition coefficient (Wildman–Crippen LogP) is 2.71. The summed E-state index contributed by atoms with van der Waals surface area (Å²) < 4.78 is 5.26. The molecular weight excluding hydrogens is 491 g/mol. The monoisotopic (exact) mass is 514 g/mol. The molecule has 0 unspecified atom stereocenters. The van der Waals surface area contributed by atoms with E-state index in [9.17, 15) is 0 Å². The fourth-order valence-electron chi connectivity index (χ4n) is 2.21. The molecule has 0 atom stereocenters. The van der Waals surface area contributed by atoms with E-state index >= 15 is 0 Å². The van der Waals surface area contributed by atoms with Crippen LogP contribution < -0.4 is 10.2 Å². The molecule has 1 aliphatic rings. The minimum atomic E-state index is 0. The van der Waals surface area contributed by atoms with Gasteiger partial charge in [-0.3, -0.25) is 0 Å². The number of rotatable bonds is 5. The quantitative estimate of drug-likeness (QED) is 0.372. The van der Waals surface area contributed by atoms with Crippen molar-refractivity contribution in [3.05, 3.63) is 16.9 Å². The average molecular weight is 515 g/mol. The van der Waals surface area contributed by atoms with Gasteiger partial charge in [0.1, 0.15) is 5.82 Å². The number of guanidine groups is 1. The second kappa shape index (κ2) is 10.4. The molecule has 1 fully saturated rings. The normalized spacial score (nSPS) is 15.3. The lowest BCUT2D eigenvalue weighted by Gasteiger charge is -2.36. The maximum Gasteiger partial charge on any atom is 0.205 e. The molecule has 0 aliphatic carbocycles. The van der Waals surface area contributed by atoms with Crippen LogP contribution in [-0.4, -0.2) is 59.5 Å². The fraction of sp³-hybridized carbons (Fsp3) is 0.643. The minimum absolute atomic E-state index is 0. The standard InChI is InChI=1S/C14H23BrN6S.HI/c1-4-12-18-14(22-19-12)21-8-6-20(7-9-21)13(16-5-2)17-10-11(3)15;/h3-10H2,1-2H3,(H,16,17);1H. The van der Waals surface area contributed by atoms with Gasteiger partial charge in [0.2, 0.25) is 5.13 Å². The molecule has 0 amide bonds. The Labute approximate surface area is 167 Å². The van der Waals surface area contributed by atoms with Gasteiger partial charge in [0.15, 0.2) is 5.96 Å². The lowest BCUT2D eigenvalue weighted by molar-refractivity contribution is 0.373. The van der Waals surface area contributed by atoms with Crippen LogP contribution in [0, 0.1) is 0 Å². The van der Waals surface area contributed by atoms with Crippen molar-refractivity contribution >= 4 is 62.5 Å². The Hall–Kier alpha value is -0.420. The number of aliphatic imine (C=N–C) groups is 1. The first-order chi connectivity index (χ1) is 10.6. The molecule has 1 saturated heterocycles.